The van der Waals surface area contributed by atoms with E-state index in [4.69, 9.17) is 16.1 Å². The zero-order chi connectivity index (χ0) is 10.4. The van der Waals surface area contributed by atoms with Crippen molar-refractivity contribution in [2.75, 3.05) is 0 Å². The van der Waals surface area contributed by atoms with Gasteiger partial charge < -0.3 is 15.9 Å². The van der Waals surface area contributed by atoms with Crippen LogP contribution in [0.5, 0.6) is 0 Å². The Bertz CT molecular complexity index is 263. The van der Waals surface area contributed by atoms with E-state index in [-0.39, 0.29) is 24.2 Å². The number of amides is 1. The van der Waals surface area contributed by atoms with E-state index in [2.05, 4.69) is 0 Å². The Morgan fingerprint density at radius 3 is 2.54 bits per heavy atom. The van der Waals surface area contributed by atoms with Crippen LogP contribution in [0, 0.1) is 11.3 Å². The molecule has 1 atom stereocenters. The summed E-state index contributed by atoms with van der Waals surface area (Å²) < 4.78 is 0. The highest BCUT2D eigenvalue weighted by molar-refractivity contribution is 5.77. The molecule has 1 unspecified atom stereocenters. The van der Waals surface area contributed by atoms with Crippen LogP contribution < -0.4 is 5.73 Å². The smallest absolute Gasteiger partial charge is 0.222 e. The lowest BCUT2D eigenvalue weighted by molar-refractivity contribution is -0.117. The van der Waals surface area contributed by atoms with Crippen molar-refractivity contribution in [2.45, 2.75) is 25.9 Å². The van der Waals surface area contributed by atoms with Crippen LogP contribution in [0.25, 0.3) is 0 Å². The average molecular weight is 184 g/mol. The standard InChI is InChI=1S/C8H12N2O3/c1-5(11)2-7(12)6(4-9)3-8(10)13/h5,11-12H,2-3H2,1H3,(H2,10,13)/b7-6+. The normalized spacial score (nSPS) is 14.2. The number of nitriles is 1. The number of carbonyl (C=O) groups is 1. The van der Waals surface area contributed by atoms with Gasteiger partial charge >= 0.3 is 0 Å². The minimum Gasteiger partial charge on any atom is -0.511 e. The number of primary amides is 1. The van der Waals surface area contributed by atoms with Crippen LogP contribution in [0.2, 0.25) is 0 Å². The molecule has 0 aliphatic carbocycles. The Morgan fingerprint density at radius 2 is 2.23 bits per heavy atom. The van der Waals surface area contributed by atoms with Gasteiger partial charge in [0.15, 0.2) is 0 Å². The van der Waals surface area contributed by atoms with Gasteiger partial charge in [0, 0.05) is 6.42 Å². The number of rotatable bonds is 4. The van der Waals surface area contributed by atoms with Crippen LogP contribution in [0.3, 0.4) is 0 Å². The molecule has 0 radical (unpaired) electrons. The number of aliphatic hydroxyl groups is 2. The third-order valence-electron chi connectivity index (χ3n) is 1.32. The molecule has 4 N–H and O–H groups in total. The minimum atomic E-state index is -0.753. The molecule has 13 heavy (non-hydrogen) atoms. The first-order valence-electron chi connectivity index (χ1n) is 3.74. The van der Waals surface area contributed by atoms with Crippen molar-refractivity contribution in [1.82, 2.24) is 0 Å². The second kappa shape index (κ2) is 5.17. The van der Waals surface area contributed by atoms with Crippen molar-refractivity contribution in [3.8, 4) is 6.07 Å². The molecule has 0 aromatic carbocycles. The fourth-order valence-corrected chi connectivity index (χ4v) is 0.783. The molecule has 0 saturated heterocycles. The number of nitrogens with two attached hydrogens (primary N) is 1. The number of hydrogen-bond donors (Lipinski definition) is 3. The van der Waals surface area contributed by atoms with Crippen molar-refractivity contribution in [1.29, 1.82) is 5.26 Å². The molecule has 0 saturated carbocycles. The third-order valence-corrected chi connectivity index (χ3v) is 1.32. The second-order valence-corrected chi connectivity index (χ2v) is 2.73. The largest absolute Gasteiger partial charge is 0.511 e. The van der Waals surface area contributed by atoms with Crippen molar-refractivity contribution < 1.29 is 15.0 Å². The quantitative estimate of drug-likeness (QED) is 0.421. The number of aliphatic hydroxyl groups excluding tert-OH is 2. The molecule has 0 aliphatic heterocycles. The van der Waals surface area contributed by atoms with Gasteiger partial charge in [-0.25, -0.2) is 0 Å². The molecule has 5 nitrogen and oxygen atoms in total. The molecule has 0 aliphatic rings. The van der Waals surface area contributed by atoms with E-state index in [0.717, 1.165) is 0 Å². The van der Waals surface area contributed by atoms with E-state index in [9.17, 15) is 9.90 Å². The fourth-order valence-electron chi connectivity index (χ4n) is 0.783. The molecule has 0 aromatic rings. The van der Waals surface area contributed by atoms with E-state index in [1.807, 2.05) is 0 Å². The minimum absolute atomic E-state index is 0.0455. The highest BCUT2D eigenvalue weighted by Crippen LogP contribution is 2.10. The molecule has 0 spiro atoms. The predicted molar refractivity (Wildman–Crippen MR) is 45.4 cm³/mol. The van der Waals surface area contributed by atoms with Gasteiger partial charge in [0.1, 0.15) is 5.76 Å². The Balaban J connectivity index is 4.51. The van der Waals surface area contributed by atoms with Crippen molar-refractivity contribution >= 4 is 5.91 Å². The summed E-state index contributed by atoms with van der Waals surface area (Å²) in [5.41, 5.74) is 4.75. The molecule has 0 aromatic heterocycles. The second-order valence-electron chi connectivity index (χ2n) is 2.73. The summed E-state index contributed by atoms with van der Waals surface area (Å²) in [5, 5.41) is 26.6. The van der Waals surface area contributed by atoms with Gasteiger partial charge in [-0.1, -0.05) is 0 Å². The van der Waals surface area contributed by atoms with Gasteiger partial charge in [0.05, 0.1) is 24.2 Å². The fraction of sp³-hybridized carbons (Fsp3) is 0.500. The lowest BCUT2D eigenvalue weighted by Gasteiger charge is -2.04. The highest BCUT2D eigenvalue weighted by atomic mass is 16.3. The van der Waals surface area contributed by atoms with Crippen molar-refractivity contribution in [3.63, 3.8) is 0 Å². The van der Waals surface area contributed by atoms with E-state index >= 15 is 0 Å². The van der Waals surface area contributed by atoms with Crippen LogP contribution in [-0.4, -0.2) is 22.2 Å². The Labute approximate surface area is 76.1 Å². The summed E-state index contributed by atoms with van der Waals surface area (Å²) >= 11 is 0. The number of hydrogen-bond acceptors (Lipinski definition) is 4. The average Bonchev–Trinajstić information content (AvgIpc) is 1.98. The van der Waals surface area contributed by atoms with Gasteiger partial charge in [-0.3, -0.25) is 4.79 Å². The van der Waals surface area contributed by atoms with Crippen LogP contribution in [0.15, 0.2) is 11.3 Å². The first-order chi connectivity index (χ1) is 5.97. The maximum Gasteiger partial charge on any atom is 0.222 e. The van der Waals surface area contributed by atoms with E-state index in [1.54, 1.807) is 6.07 Å². The maximum absolute atomic E-state index is 10.4. The zero-order valence-corrected chi connectivity index (χ0v) is 7.32. The highest BCUT2D eigenvalue weighted by Gasteiger charge is 2.10. The van der Waals surface area contributed by atoms with E-state index < -0.39 is 12.0 Å². The van der Waals surface area contributed by atoms with Crippen molar-refractivity contribution in [3.05, 3.63) is 11.3 Å². The molecule has 1 amide bonds. The van der Waals surface area contributed by atoms with Gasteiger partial charge in [-0.05, 0) is 6.92 Å². The summed E-state index contributed by atoms with van der Waals surface area (Å²) in [7, 11) is 0. The third kappa shape index (κ3) is 4.82. The summed E-state index contributed by atoms with van der Waals surface area (Å²) in [6, 6.07) is 1.66. The molecule has 5 heteroatoms. The van der Waals surface area contributed by atoms with Crippen LogP contribution in [0.4, 0.5) is 0 Å². The van der Waals surface area contributed by atoms with Gasteiger partial charge in [0.25, 0.3) is 0 Å². The lowest BCUT2D eigenvalue weighted by atomic mass is 10.1. The molecule has 0 rings (SSSR count). The molecule has 0 fully saturated rings. The zero-order valence-electron chi connectivity index (χ0n) is 7.32. The predicted octanol–water partition coefficient (Wildman–Crippen LogP) is -0.0316. The summed E-state index contributed by atoms with van der Waals surface area (Å²) in [4.78, 5) is 10.4. The number of carbonyl (C=O) groups excluding carboxylic acids is 1. The van der Waals surface area contributed by atoms with Crippen LogP contribution in [-0.2, 0) is 4.79 Å². The monoisotopic (exact) mass is 184 g/mol. The Hall–Kier alpha value is -1.54. The number of nitrogens with zero attached hydrogens (tertiary/aromatic N) is 1. The van der Waals surface area contributed by atoms with Crippen LogP contribution >= 0.6 is 0 Å². The van der Waals surface area contributed by atoms with Gasteiger partial charge in [-0.2, -0.15) is 5.26 Å². The molecule has 0 heterocycles. The lowest BCUT2D eigenvalue weighted by Crippen LogP contribution is -2.12. The first-order valence-corrected chi connectivity index (χ1v) is 3.74. The summed E-state index contributed by atoms with van der Waals surface area (Å²) in [6.07, 6.45) is -1.10. The summed E-state index contributed by atoms with van der Waals surface area (Å²) in [6.45, 7) is 1.47. The van der Waals surface area contributed by atoms with Crippen molar-refractivity contribution in [2.24, 2.45) is 5.73 Å². The first kappa shape index (κ1) is 11.5. The SMILES string of the molecule is CC(O)C/C(O)=C(\C#N)CC(N)=O. The van der Waals surface area contributed by atoms with E-state index in [1.165, 1.54) is 6.92 Å². The topological polar surface area (TPSA) is 107 Å². The van der Waals surface area contributed by atoms with Gasteiger partial charge in [0.2, 0.25) is 5.91 Å². The molecule has 72 valence electrons. The molecule has 0 bridgehead atoms. The Morgan fingerprint density at radius 1 is 1.69 bits per heavy atom. The maximum atomic E-state index is 10.4. The molecular weight excluding hydrogens is 172 g/mol. The van der Waals surface area contributed by atoms with E-state index in [0.29, 0.717) is 0 Å². The Kier molecular flexibility index (Phi) is 4.55. The van der Waals surface area contributed by atoms with Gasteiger partial charge in [-0.15, -0.1) is 0 Å². The summed E-state index contributed by atoms with van der Waals surface area (Å²) in [5.74, 6) is -0.968. The van der Waals surface area contributed by atoms with Crippen LogP contribution in [0.1, 0.15) is 19.8 Å². The molecular formula is C8H12N2O3.